The summed E-state index contributed by atoms with van der Waals surface area (Å²) in [6.45, 7) is 5.05. The second kappa shape index (κ2) is 8.03. The highest BCUT2D eigenvalue weighted by atomic mass is 32.1. The number of ketones is 1. The highest BCUT2D eigenvalue weighted by Gasteiger charge is 2.22. The van der Waals surface area contributed by atoms with Gasteiger partial charge in [-0.25, -0.2) is 9.78 Å². The number of esters is 1. The molecule has 3 aromatic heterocycles. The van der Waals surface area contributed by atoms with E-state index >= 15 is 0 Å². The highest BCUT2D eigenvalue weighted by molar-refractivity contribution is 7.12. The lowest BCUT2D eigenvalue weighted by Gasteiger charge is -2.06. The number of aromatic nitrogens is 5. The van der Waals surface area contributed by atoms with Crippen molar-refractivity contribution < 1.29 is 14.3 Å². The Kier molecular flexibility index (Phi) is 5.28. The standard InChI is InChI=1S/C21H19N5O3S/c1-13-11-17(15(3)25(13)21-22-9-10-30-21)18(27)12-29-20(28)19-14(2)23-26(24-19)16-7-5-4-6-8-16/h4-11H,12H2,1-3H3. The number of carbonyl (C=O) groups is 2. The number of carbonyl (C=O) groups excluding carboxylic acids is 2. The molecule has 4 rings (SSSR count). The first-order valence-electron chi connectivity index (χ1n) is 9.24. The quantitative estimate of drug-likeness (QED) is 0.350. The monoisotopic (exact) mass is 421 g/mol. The summed E-state index contributed by atoms with van der Waals surface area (Å²) in [5, 5.41) is 11.1. The van der Waals surface area contributed by atoms with Crippen LogP contribution < -0.4 is 0 Å². The number of para-hydroxylation sites is 1. The van der Waals surface area contributed by atoms with Gasteiger partial charge in [0.05, 0.1) is 11.4 Å². The molecule has 9 heteroatoms. The van der Waals surface area contributed by atoms with Gasteiger partial charge in [0.15, 0.2) is 17.4 Å². The van der Waals surface area contributed by atoms with E-state index in [-0.39, 0.29) is 18.1 Å². The minimum Gasteiger partial charge on any atom is -0.452 e. The van der Waals surface area contributed by atoms with Crippen LogP contribution in [-0.4, -0.2) is 42.9 Å². The van der Waals surface area contributed by atoms with Gasteiger partial charge < -0.3 is 4.74 Å². The molecule has 0 unspecified atom stereocenters. The van der Waals surface area contributed by atoms with E-state index in [9.17, 15) is 9.59 Å². The third-order valence-electron chi connectivity index (χ3n) is 4.64. The van der Waals surface area contributed by atoms with E-state index in [1.165, 1.54) is 16.1 Å². The van der Waals surface area contributed by atoms with Crippen molar-refractivity contribution in [3.05, 3.63) is 76.3 Å². The van der Waals surface area contributed by atoms with E-state index in [1.54, 1.807) is 19.2 Å². The first-order chi connectivity index (χ1) is 14.5. The van der Waals surface area contributed by atoms with Gasteiger partial charge in [-0.15, -0.1) is 16.4 Å². The molecule has 0 radical (unpaired) electrons. The Hall–Kier alpha value is -3.59. The molecule has 0 aliphatic carbocycles. The van der Waals surface area contributed by atoms with Crippen molar-refractivity contribution in [3.8, 4) is 10.8 Å². The van der Waals surface area contributed by atoms with Crippen LogP contribution in [0.25, 0.3) is 10.8 Å². The van der Waals surface area contributed by atoms with Gasteiger partial charge in [-0.3, -0.25) is 9.36 Å². The van der Waals surface area contributed by atoms with E-state index in [1.807, 2.05) is 54.1 Å². The van der Waals surface area contributed by atoms with Crippen LogP contribution in [0, 0.1) is 20.8 Å². The number of thiazole rings is 1. The third kappa shape index (κ3) is 3.67. The molecule has 1 aromatic carbocycles. The largest absolute Gasteiger partial charge is 0.452 e. The molecule has 0 amide bonds. The number of nitrogens with zero attached hydrogens (tertiary/aromatic N) is 5. The summed E-state index contributed by atoms with van der Waals surface area (Å²) in [5.41, 5.74) is 3.39. The Morgan fingerprint density at radius 2 is 1.87 bits per heavy atom. The Balaban J connectivity index is 1.48. The number of ether oxygens (including phenoxy) is 1. The Labute approximate surface area is 176 Å². The fourth-order valence-corrected chi connectivity index (χ4v) is 3.94. The van der Waals surface area contributed by atoms with Crippen LogP contribution >= 0.6 is 11.3 Å². The highest BCUT2D eigenvalue weighted by Crippen LogP contribution is 2.22. The minimum atomic E-state index is -0.684. The molecule has 0 aliphatic heterocycles. The molecule has 0 saturated carbocycles. The molecular weight excluding hydrogens is 402 g/mol. The summed E-state index contributed by atoms with van der Waals surface area (Å²) in [6.07, 6.45) is 1.72. The van der Waals surface area contributed by atoms with E-state index in [0.717, 1.165) is 22.2 Å². The van der Waals surface area contributed by atoms with Gasteiger partial charge in [0, 0.05) is 28.5 Å². The van der Waals surface area contributed by atoms with Gasteiger partial charge in [0.25, 0.3) is 0 Å². The average molecular weight is 421 g/mol. The van der Waals surface area contributed by atoms with Crippen molar-refractivity contribution in [1.29, 1.82) is 0 Å². The number of rotatable bonds is 6. The normalized spacial score (nSPS) is 10.9. The molecule has 30 heavy (non-hydrogen) atoms. The zero-order valence-corrected chi connectivity index (χ0v) is 17.5. The van der Waals surface area contributed by atoms with Crippen molar-refractivity contribution in [2.24, 2.45) is 0 Å². The molecule has 0 bridgehead atoms. The lowest BCUT2D eigenvalue weighted by Crippen LogP contribution is -2.16. The fourth-order valence-electron chi connectivity index (χ4n) is 3.19. The molecule has 3 heterocycles. The van der Waals surface area contributed by atoms with Crippen molar-refractivity contribution in [3.63, 3.8) is 0 Å². The molecule has 0 aliphatic rings. The van der Waals surface area contributed by atoms with Crippen molar-refractivity contribution >= 4 is 23.1 Å². The maximum atomic E-state index is 12.7. The second-order valence-corrected chi connectivity index (χ2v) is 7.57. The fraction of sp³-hybridized carbons (Fsp3) is 0.190. The SMILES string of the molecule is Cc1nn(-c2ccccc2)nc1C(=O)OCC(=O)c1cc(C)n(-c2nccs2)c1C. The molecule has 152 valence electrons. The Morgan fingerprint density at radius 3 is 2.57 bits per heavy atom. The number of benzene rings is 1. The number of Topliss-reactive ketones (excluding diaryl/α,β-unsaturated/α-hetero) is 1. The number of aryl methyl sites for hydroxylation is 2. The topological polar surface area (TPSA) is 91.9 Å². The molecule has 0 atom stereocenters. The zero-order chi connectivity index (χ0) is 21.3. The molecule has 8 nitrogen and oxygen atoms in total. The summed E-state index contributed by atoms with van der Waals surface area (Å²) in [5.74, 6) is -0.968. The van der Waals surface area contributed by atoms with Crippen LogP contribution in [0.15, 0.2) is 48.0 Å². The van der Waals surface area contributed by atoms with Crippen molar-refractivity contribution in [1.82, 2.24) is 24.5 Å². The lowest BCUT2D eigenvalue weighted by atomic mass is 10.1. The van der Waals surface area contributed by atoms with Crippen LogP contribution in [0.2, 0.25) is 0 Å². The number of hydrogen-bond acceptors (Lipinski definition) is 7. The van der Waals surface area contributed by atoms with Crippen molar-refractivity contribution in [2.45, 2.75) is 20.8 Å². The minimum absolute atomic E-state index is 0.0833. The lowest BCUT2D eigenvalue weighted by molar-refractivity contribution is 0.0467. The molecule has 0 spiro atoms. The molecule has 0 saturated heterocycles. The predicted octanol–water partition coefficient (Wildman–Crippen LogP) is 3.48. The van der Waals surface area contributed by atoms with E-state index in [0.29, 0.717) is 11.3 Å². The smallest absolute Gasteiger partial charge is 0.361 e. The predicted molar refractivity (Wildman–Crippen MR) is 112 cm³/mol. The van der Waals surface area contributed by atoms with E-state index in [2.05, 4.69) is 15.2 Å². The molecule has 0 fully saturated rings. The maximum Gasteiger partial charge on any atom is 0.361 e. The summed E-state index contributed by atoms with van der Waals surface area (Å²) >= 11 is 1.48. The summed E-state index contributed by atoms with van der Waals surface area (Å²) in [4.78, 5) is 30.9. The van der Waals surface area contributed by atoms with Gasteiger partial charge >= 0.3 is 5.97 Å². The summed E-state index contributed by atoms with van der Waals surface area (Å²) in [6, 6.07) is 11.0. The summed E-state index contributed by atoms with van der Waals surface area (Å²) < 4.78 is 7.15. The summed E-state index contributed by atoms with van der Waals surface area (Å²) in [7, 11) is 0. The molecule has 0 N–H and O–H groups in total. The molecular formula is C21H19N5O3S. The van der Waals surface area contributed by atoms with Crippen LogP contribution in [0.4, 0.5) is 0 Å². The Morgan fingerprint density at radius 1 is 1.10 bits per heavy atom. The van der Waals surface area contributed by atoms with Crippen molar-refractivity contribution in [2.75, 3.05) is 6.61 Å². The van der Waals surface area contributed by atoms with Crippen LogP contribution in [0.5, 0.6) is 0 Å². The zero-order valence-electron chi connectivity index (χ0n) is 16.7. The van der Waals surface area contributed by atoms with Gasteiger partial charge in [-0.05, 0) is 39.0 Å². The number of hydrogen-bond donors (Lipinski definition) is 0. The molecule has 4 aromatic rings. The van der Waals surface area contributed by atoms with Gasteiger partial charge in [-0.1, -0.05) is 18.2 Å². The second-order valence-electron chi connectivity index (χ2n) is 6.69. The van der Waals surface area contributed by atoms with Crippen LogP contribution in [0.3, 0.4) is 0 Å². The van der Waals surface area contributed by atoms with Gasteiger partial charge in [0.2, 0.25) is 5.78 Å². The van der Waals surface area contributed by atoms with Crippen LogP contribution in [-0.2, 0) is 4.74 Å². The first-order valence-corrected chi connectivity index (χ1v) is 10.1. The maximum absolute atomic E-state index is 12.7. The van der Waals surface area contributed by atoms with Gasteiger partial charge in [0.1, 0.15) is 0 Å². The Bertz CT molecular complexity index is 1210. The van der Waals surface area contributed by atoms with Gasteiger partial charge in [-0.2, -0.15) is 9.90 Å². The first kappa shape index (κ1) is 19.7. The van der Waals surface area contributed by atoms with E-state index < -0.39 is 5.97 Å². The van der Waals surface area contributed by atoms with E-state index in [4.69, 9.17) is 4.74 Å². The van der Waals surface area contributed by atoms with Crippen LogP contribution in [0.1, 0.15) is 37.9 Å². The third-order valence-corrected chi connectivity index (χ3v) is 5.40. The average Bonchev–Trinajstić information content (AvgIpc) is 3.46.